The number of methoxy groups -OCH3 is 1. The van der Waals surface area contributed by atoms with Crippen molar-refractivity contribution in [3.05, 3.63) is 76.5 Å². The zero-order valence-electron chi connectivity index (χ0n) is 46.3. The number of benzene rings is 3. The Morgan fingerprint density at radius 3 is 2.35 bits per heavy atom. The summed E-state index contributed by atoms with van der Waals surface area (Å²) < 4.78 is 48.7. The summed E-state index contributed by atoms with van der Waals surface area (Å²) in [6, 6.07) is 11.7. The lowest BCUT2D eigenvalue weighted by molar-refractivity contribution is -0.137. The standard InChI is InChI=1S/C34H37F2N5O3.C24H31N5O4.C2H6O/c1-2-23-25(35)8-6-20-16-22(42)17-24(27(20)23)30-29(36)31-28-26(37-30)9-7-21-18-43-15-5-14-41(21)32(28)39-33(38-31)44-19-34-10-3-12-40(34)13-4-11-34;30-16-27-7-5-17(6-8-27)14-26-9-11-28(12-10-26)19-1-2-20-18(13-19)15-29(24(20)33)21-3-4-22(31)25-23(21)32;1-3-2/h6,8,16-17,21,42H,2-5,7,9-15,18-19H2,1H3;1-2,13,16-17,21H,3-12,14-15H2,(H,25,31,32);1-2H3. The van der Waals surface area contributed by atoms with Gasteiger partial charge < -0.3 is 38.9 Å². The number of rotatable bonds is 10. The van der Waals surface area contributed by atoms with Gasteiger partial charge in [0.05, 0.1) is 29.3 Å². The molecule has 6 fully saturated rings. The number of aromatic hydroxyl groups is 1. The predicted octanol–water partition coefficient (Wildman–Crippen LogP) is 6.64. The number of pyridine rings is 1. The summed E-state index contributed by atoms with van der Waals surface area (Å²) >= 11 is 0. The lowest BCUT2D eigenvalue weighted by Crippen LogP contribution is -2.52. The smallest absolute Gasteiger partial charge is 0.319 e. The maximum Gasteiger partial charge on any atom is 0.319 e. The number of aryl methyl sites for hydroxylation is 2. The molecule has 4 amide bonds. The van der Waals surface area contributed by atoms with Crippen molar-refractivity contribution in [3.8, 4) is 23.0 Å². The molecule has 20 heteroatoms. The van der Waals surface area contributed by atoms with Crippen LogP contribution < -0.4 is 19.9 Å². The van der Waals surface area contributed by atoms with Gasteiger partial charge in [0.25, 0.3) is 5.91 Å². The van der Waals surface area contributed by atoms with Crippen molar-refractivity contribution in [1.29, 1.82) is 0 Å². The highest BCUT2D eigenvalue weighted by Gasteiger charge is 2.45. The number of aromatic nitrogens is 3. The van der Waals surface area contributed by atoms with Crippen LogP contribution in [-0.4, -0.2) is 181 Å². The monoisotopic (exact) mass is 1100 g/mol. The van der Waals surface area contributed by atoms with Crippen LogP contribution in [-0.2, 0) is 43.2 Å². The molecule has 0 radical (unpaired) electrons. The Labute approximate surface area is 465 Å². The molecule has 8 aliphatic rings. The fraction of sp³-hybridized carbons (Fsp3) is 0.550. The summed E-state index contributed by atoms with van der Waals surface area (Å²) in [4.78, 5) is 75.2. The van der Waals surface area contributed by atoms with Gasteiger partial charge >= 0.3 is 6.01 Å². The van der Waals surface area contributed by atoms with Gasteiger partial charge in [-0.2, -0.15) is 9.97 Å². The molecule has 5 aromatic rings. The Balaban J connectivity index is 0.000000167. The van der Waals surface area contributed by atoms with Crippen molar-refractivity contribution in [2.45, 2.75) is 108 Å². The first-order valence-electron chi connectivity index (χ1n) is 28.8. The fourth-order valence-electron chi connectivity index (χ4n) is 13.7. The number of carbonyl (C=O) groups excluding carboxylic acids is 4. The van der Waals surface area contributed by atoms with Crippen molar-refractivity contribution in [2.24, 2.45) is 5.92 Å². The summed E-state index contributed by atoms with van der Waals surface area (Å²) in [5.41, 5.74) is 4.40. The van der Waals surface area contributed by atoms with E-state index in [2.05, 4.69) is 35.7 Å². The van der Waals surface area contributed by atoms with Crippen LogP contribution in [0.4, 0.5) is 20.3 Å². The van der Waals surface area contributed by atoms with Crippen LogP contribution in [0.15, 0.2) is 42.5 Å². The van der Waals surface area contributed by atoms with Gasteiger partial charge in [-0.1, -0.05) is 13.0 Å². The number of carbonyl (C=O) groups is 4. The average Bonchev–Trinajstić information content (AvgIpc) is 4.12. The predicted molar refractivity (Wildman–Crippen MR) is 299 cm³/mol. The topological polar surface area (TPSA) is 186 Å². The number of hydrogen-bond donors (Lipinski definition) is 2. The Morgan fingerprint density at radius 2 is 1.61 bits per heavy atom. The molecule has 2 N–H and O–H groups in total. The van der Waals surface area contributed by atoms with Gasteiger partial charge in [-0.25, -0.2) is 13.8 Å². The van der Waals surface area contributed by atoms with Crippen molar-refractivity contribution >= 4 is 57.3 Å². The van der Waals surface area contributed by atoms with E-state index in [1.807, 2.05) is 24.0 Å². The average molecular weight is 1100 g/mol. The third-order valence-corrected chi connectivity index (χ3v) is 17.8. The molecule has 2 unspecified atom stereocenters. The lowest BCUT2D eigenvalue weighted by Gasteiger charge is -2.39. The maximum absolute atomic E-state index is 17.0. The highest BCUT2D eigenvalue weighted by Crippen LogP contribution is 2.44. The number of amides is 4. The molecule has 0 spiro atoms. The highest BCUT2D eigenvalue weighted by molar-refractivity contribution is 6.06. The number of imide groups is 1. The maximum atomic E-state index is 17.0. The molecular formula is C60H74F2N10O8. The van der Waals surface area contributed by atoms with Crippen LogP contribution in [0.25, 0.3) is 32.9 Å². The largest absolute Gasteiger partial charge is 0.508 e. The highest BCUT2D eigenvalue weighted by atomic mass is 19.1. The molecule has 18 nitrogen and oxygen atoms in total. The van der Waals surface area contributed by atoms with Crippen LogP contribution in [0.5, 0.6) is 11.8 Å². The number of anilines is 2. The number of nitrogens with zero attached hydrogens (tertiary/aromatic N) is 9. The fourth-order valence-corrected chi connectivity index (χ4v) is 13.7. The number of phenolic OH excluding ortho intramolecular Hbond substituents is 1. The number of piperazine rings is 1. The molecule has 3 aromatic carbocycles. The molecule has 426 valence electrons. The van der Waals surface area contributed by atoms with Gasteiger partial charge in [-0.15, -0.1) is 0 Å². The van der Waals surface area contributed by atoms with Crippen molar-refractivity contribution in [1.82, 2.24) is 39.9 Å². The van der Waals surface area contributed by atoms with Gasteiger partial charge in [0.15, 0.2) is 5.82 Å². The Morgan fingerprint density at radius 1 is 0.838 bits per heavy atom. The van der Waals surface area contributed by atoms with Gasteiger partial charge in [-0.3, -0.25) is 34.3 Å². The minimum absolute atomic E-state index is 0.0143. The normalized spacial score (nSPS) is 22.2. The van der Waals surface area contributed by atoms with E-state index in [4.69, 9.17) is 24.4 Å². The number of likely N-dealkylation sites (tertiary alicyclic amines) is 1. The second kappa shape index (κ2) is 23.8. The molecule has 80 heavy (non-hydrogen) atoms. The first kappa shape index (κ1) is 55.3. The molecule has 0 aliphatic carbocycles. The van der Waals surface area contributed by atoms with E-state index >= 15 is 8.78 Å². The zero-order chi connectivity index (χ0) is 55.7. The molecule has 0 bridgehead atoms. The second-order valence-corrected chi connectivity index (χ2v) is 22.8. The molecular weight excluding hydrogens is 1030 g/mol. The van der Waals surface area contributed by atoms with E-state index in [0.717, 1.165) is 134 Å². The SMILES string of the molecule is CCc1c(F)ccc2cc(O)cc(-c3nc4c5c(nc(OCC67CCCN6CCC7)nc5c3F)N3CCCOCC3CC4)c12.COC.O=CN1CCC(CN2CCN(c3ccc4c(c3)CN(C3CCC(=O)NC3=O)C4=O)CC2)CC1. The number of piperidine rings is 2. The Hall–Kier alpha value is -6.61. The third-order valence-electron chi connectivity index (χ3n) is 17.8. The van der Waals surface area contributed by atoms with E-state index in [9.17, 15) is 24.3 Å². The molecule has 13 rings (SSSR count). The third kappa shape index (κ3) is 11.0. The molecule has 2 atom stereocenters. The number of halogens is 2. The van der Waals surface area contributed by atoms with E-state index in [1.54, 1.807) is 31.3 Å². The first-order chi connectivity index (χ1) is 38.9. The summed E-state index contributed by atoms with van der Waals surface area (Å²) in [6.07, 6.45) is 10.8. The van der Waals surface area contributed by atoms with Gasteiger partial charge in [0.2, 0.25) is 18.2 Å². The summed E-state index contributed by atoms with van der Waals surface area (Å²) in [6.45, 7) is 13.6. The van der Waals surface area contributed by atoms with E-state index in [1.165, 1.54) is 12.1 Å². The minimum Gasteiger partial charge on any atom is -0.508 e. The Kier molecular flexibility index (Phi) is 16.5. The van der Waals surface area contributed by atoms with Gasteiger partial charge in [0, 0.05) is 103 Å². The summed E-state index contributed by atoms with van der Waals surface area (Å²) in [7, 11) is 3.25. The number of phenols is 1. The zero-order valence-corrected chi connectivity index (χ0v) is 46.3. The number of nitrogens with one attached hydrogen (secondary N) is 1. The minimum atomic E-state index is -0.624. The van der Waals surface area contributed by atoms with Crippen LogP contribution in [0, 0.1) is 17.6 Å². The van der Waals surface area contributed by atoms with E-state index in [-0.39, 0.29) is 64.5 Å². The number of hydrogen-bond acceptors (Lipinski definition) is 15. The summed E-state index contributed by atoms with van der Waals surface area (Å²) in [5.74, 6) is -0.502. The van der Waals surface area contributed by atoms with Crippen LogP contribution >= 0.6 is 0 Å². The lowest BCUT2D eigenvalue weighted by atomic mass is 9.94. The van der Waals surface area contributed by atoms with Crippen LogP contribution in [0.1, 0.15) is 98.3 Å². The summed E-state index contributed by atoms with van der Waals surface area (Å²) in [5, 5.41) is 14.8. The van der Waals surface area contributed by atoms with Crippen molar-refractivity contribution in [2.75, 3.05) is 109 Å². The second-order valence-electron chi connectivity index (χ2n) is 22.8. The van der Waals surface area contributed by atoms with Gasteiger partial charge in [0.1, 0.15) is 41.2 Å². The molecule has 8 aliphatic heterocycles. The van der Waals surface area contributed by atoms with Gasteiger partial charge in [-0.05, 0) is 148 Å². The molecule has 2 aromatic heterocycles. The quantitative estimate of drug-likeness (QED) is 0.112. The number of fused-ring (bicyclic) bond motifs is 5. The van der Waals surface area contributed by atoms with Crippen LogP contribution in [0.2, 0.25) is 0 Å². The number of ether oxygens (including phenoxy) is 3. The van der Waals surface area contributed by atoms with Crippen molar-refractivity contribution < 1.29 is 47.3 Å². The first-order valence-corrected chi connectivity index (χ1v) is 28.8. The molecule has 6 saturated heterocycles. The molecule has 0 saturated carbocycles. The Bertz CT molecular complexity index is 3140. The van der Waals surface area contributed by atoms with Crippen LogP contribution in [0.3, 0.4) is 0 Å². The van der Waals surface area contributed by atoms with E-state index < -0.39 is 11.9 Å². The van der Waals surface area contributed by atoms with Crippen molar-refractivity contribution in [3.63, 3.8) is 0 Å². The van der Waals surface area contributed by atoms with E-state index in [0.29, 0.717) is 95.9 Å². The molecule has 10 heterocycles.